The zero-order valence-corrected chi connectivity index (χ0v) is 11.1. The number of allylic oxidation sites excluding steroid dienone is 2. The first kappa shape index (κ1) is 11.5. The van der Waals surface area contributed by atoms with Crippen LogP contribution < -0.4 is 0 Å². The van der Waals surface area contributed by atoms with E-state index < -0.39 is 0 Å². The predicted octanol–water partition coefficient (Wildman–Crippen LogP) is 3.41. The molecule has 1 aromatic rings. The second-order valence-electron chi connectivity index (χ2n) is 4.70. The number of fused-ring (bicyclic) bond motifs is 1. The van der Waals surface area contributed by atoms with E-state index in [-0.39, 0.29) is 6.10 Å². The maximum Gasteiger partial charge on any atom is 0.264 e. The van der Waals surface area contributed by atoms with Crippen LogP contribution in [0.4, 0.5) is 0 Å². The number of benzene rings is 1. The fourth-order valence-corrected chi connectivity index (χ4v) is 2.66. The van der Waals surface area contributed by atoms with E-state index in [1.54, 1.807) is 0 Å². The third kappa shape index (κ3) is 2.06. The lowest BCUT2D eigenvalue weighted by atomic mass is 10.0. The van der Waals surface area contributed by atoms with Gasteiger partial charge < -0.3 is 4.74 Å². The number of ether oxygens (including phenoxy) is 1. The molecule has 1 aliphatic carbocycles. The van der Waals surface area contributed by atoms with Crippen molar-refractivity contribution >= 4 is 17.4 Å². The summed E-state index contributed by atoms with van der Waals surface area (Å²) in [7, 11) is 0. The average molecular weight is 257 g/mol. The Morgan fingerprint density at radius 2 is 2.11 bits per heavy atom. The van der Waals surface area contributed by atoms with Gasteiger partial charge in [-0.1, -0.05) is 42.0 Å². The van der Waals surface area contributed by atoms with Crippen molar-refractivity contribution in [3.05, 3.63) is 59.3 Å². The van der Waals surface area contributed by atoms with Crippen molar-refractivity contribution in [2.75, 3.05) is 0 Å². The predicted molar refractivity (Wildman–Crippen MR) is 75.9 cm³/mol. The molecule has 1 fully saturated rings. The summed E-state index contributed by atoms with van der Waals surface area (Å²) < 4.78 is 5.74. The monoisotopic (exact) mass is 257 g/mol. The van der Waals surface area contributed by atoms with Gasteiger partial charge in [-0.05, 0) is 30.8 Å². The van der Waals surface area contributed by atoms with E-state index in [1.165, 1.54) is 16.8 Å². The molecule has 2 nitrogen and oxygen atoms in total. The Morgan fingerprint density at radius 3 is 2.89 bits per heavy atom. The van der Waals surface area contributed by atoms with E-state index in [0.29, 0.717) is 5.17 Å². The van der Waals surface area contributed by atoms with E-state index in [4.69, 9.17) is 17.0 Å². The lowest BCUT2D eigenvalue weighted by Crippen LogP contribution is -2.23. The highest BCUT2D eigenvalue weighted by atomic mass is 32.1. The molecule has 1 unspecified atom stereocenters. The highest BCUT2D eigenvalue weighted by Crippen LogP contribution is 2.32. The molecule has 0 saturated carbocycles. The molecule has 3 heteroatoms. The molecule has 1 saturated heterocycles. The lowest BCUT2D eigenvalue weighted by molar-refractivity contribution is 0.256. The topological polar surface area (TPSA) is 12.5 Å². The van der Waals surface area contributed by atoms with E-state index in [1.807, 2.05) is 18.2 Å². The van der Waals surface area contributed by atoms with Gasteiger partial charge in [-0.15, -0.1) is 0 Å². The van der Waals surface area contributed by atoms with Gasteiger partial charge in [0.15, 0.2) is 0 Å². The van der Waals surface area contributed by atoms with Crippen molar-refractivity contribution in [1.29, 1.82) is 0 Å². The van der Waals surface area contributed by atoms with Crippen LogP contribution in [-0.4, -0.2) is 16.2 Å². The van der Waals surface area contributed by atoms with Crippen LogP contribution in [0.2, 0.25) is 0 Å². The largest absolute Gasteiger partial charge is 0.461 e. The fraction of sp³-hybridized carbons (Fsp3) is 0.267. The second kappa shape index (κ2) is 4.58. The molecule has 3 rings (SSSR count). The van der Waals surface area contributed by atoms with Gasteiger partial charge in [-0.25, -0.2) is 0 Å². The number of hydrogen-bond donors (Lipinski definition) is 0. The zero-order chi connectivity index (χ0) is 12.5. The quantitative estimate of drug-likeness (QED) is 0.753. The molecule has 0 bridgehead atoms. The van der Waals surface area contributed by atoms with Crippen molar-refractivity contribution in [2.24, 2.45) is 0 Å². The molecule has 0 spiro atoms. The molecule has 1 aliphatic heterocycles. The first-order valence-electron chi connectivity index (χ1n) is 6.14. The smallest absolute Gasteiger partial charge is 0.264 e. The summed E-state index contributed by atoms with van der Waals surface area (Å²) >= 11 is 5.33. The first-order valence-corrected chi connectivity index (χ1v) is 6.55. The minimum absolute atomic E-state index is 0.116. The molecule has 1 aromatic carbocycles. The summed E-state index contributed by atoms with van der Waals surface area (Å²) in [4.78, 5) is 2.10. The highest BCUT2D eigenvalue weighted by Gasteiger charge is 2.34. The Kier molecular flexibility index (Phi) is 2.92. The summed E-state index contributed by atoms with van der Waals surface area (Å²) in [5.74, 6) is 0. The van der Waals surface area contributed by atoms with Crippen LogP contribution in [0.1, 0.15) is 18.9 Å². The van der Waals surface area contributed by atoms with Gasteiger partial charge in [0.1, 0.15) is 6.10 Å². The molecular weight excluding hydrogens is 242 g/mol. The molecule has 0 N–H and O–H groups in total. The van der Waals surface area contributed by atoms with Crippen LogP contribution in [0.3, 0.4) is 0 Å². The Bertz CT molecular complexity index is 533. The van der Waals surface area contributed by atoms with E-state index >= 15 is 0 Å². The van der Waals surface area contributed by atoms with Crippen LogP contribution in [0.5, 0.6) is 0 Å². The van der Waals surface area contributed by atoms with Crippen LogP contribution >= 0.6 is 12.2 Å². The first-order chi connectivity index (χ1) is 8.74. The van der Waals surface area contributed by atoms with Gasteiger partial charge in [-0.2, -0.15) is 0 Å². The highest BCUT2D eigenvalue weighted by molar-refractivity contribution is 7.80. The minimum Gasteiger partial charge on any atom is -0.461 e. The van der Waals surface area contributed by atoms with Crippen LogP contribution in [0.15, 0.2) is 53.8 Å². The molecule has 1 heterocycles. The molecule has 1 atom stereocenters. The maximum atomic E-state index is 5.74. The van der Waals surface area contributed by atoms with Crippen LogP contribution in [0, 0.1) is 0 Å². The fourth-order valence-electron chi connectivity index (χ4n) is 2.37. The van der Waals surface area contributed by atoms with Crippen LogP contribution in [-0.2, 0) is 11.3 Å². The number of rotatable bonds is 2. The Morgan fingerprint density at radius 1 is 1.33 bits per heavy atom. The average Bonchev–Trinajstić information content (AvgIpc) is 2.67. The molecule has 2 aliphatic rings. The minimum atomic E-state index is 0.116. The normalized spacial score (nSPS) is 22.2. The second-order valence-corrected chi connectivity index (χ2v) is 5.05. The van der Waals surface area contributed by atoms with Crippen molar-refractivity contribution in [3.8, 4) is 0 Å². The van der Waals surface area contributed by atoms with Crippen molar-refractivity contribution < 1.29 is 4.74 Å². The van der Waals surface area contributed by atoms with Gasteiger partial charge >= 0.3 is 0 Å². The summed E-state index contributed by atoms with van der Waals surface area (Å²) in [6.07, 6.45) is 5.41. The Hall–Kier alpha value is -1.61. The summed E-state index contributed by atoms with van der Waals surface area (Å²) in [6.45, 7) is 2.90. The summed E-state index contributed by atoms with van der Waals surface area (Å²) in [5.41, 5.74) is 3.73. The van der Waals surface area contributed by atoms with Gasteiger partial charge in [-0.3, -0.25) is 4.90 Å². The lowest BCUT2D eigenvalue weighted by Gasteiger charge is -2.20. The van der Waals surface area contributed by atoms with Crippen LogP contribution in [0.25, 0.3) is 0 Å². The van der Waals surface area contributed by atoms with Crippen molar-refractivity contribution in [1.82, 2.24) is 4.90 Å². The number of thiocarbonyl (C=S) groups is 1. The zero-order valence-electron chi connectivity index (χ0n) is 10.3. The third-order valence-electron chi connectivity index (χ3n) is 3.32. The van der Waals surface area contributed by atoms with E-state index in [2.05, 4.69) is 36.1 Å². The number of nitrogens with zero attached hydrogens (tertiary/aromatic N) is 1. The van der Waals surface area contributed by atoms with Crippen molar-refractivity contribution in [2.45, 2.75) is 26.0 Å². The van der Waals surface area contributed by atoms with E-state index in [9.17, 15) is 0 Å². The summed E-state index contributed by atoms with van der Waals surface area (Å²) in [5, 5.41) is 0.596. The van der Waals surface area contributed by atoms with E-state index in [0.717, 1.165) is 13.0 Å². The Labute approximate surface area is 113 Å². The SMILES string of the molecule is CC1=CCC2OC(=S)N(Cc3ccccc3)C2=C1. The standard InChI is InChI=1S/C15H15NOS/c1-11-7-8-14-13(9-11)16(15(18)17-14)10-12-5-3-2-4-6-12/h2-7,9,14H,8,10H2,1H3. The molecule has 0 aromatic heterocycles. The molecule has 0 radical (unpaired) electrons. The van der Waals surface area contributed by atoms with Gasteiger partial charge in [0.25, 0.3) is 5.17 Å². The molecular formula is C15H15NOS. The van der Waals surface area contributed by atoms with Gasteiger partial charge in [0.05, 0.1) is 12.2 Å². The summed E-state index contributed by atoms with van der Waals surface area (Å²) in [6, 6.07) is 10.3. The molecule has 92 valence electrons. The third-order valence-corrected chi connectivity index (χ3v) is 3.63. The van der Waals surface area contributed by atoms with Crippen molar-refractivity contribution in [3.63, 3.8) is 0 Å². The Balaban J connectivity index is 1.87. The maximum absolute atomic E-state index is 5.74. The molecule has 18 heavy (non-hydrogen) atoms. The van der Waals surface area contributed by atoms with Gasteiger partial charge in [0, 0.05) is 6.42 Å². The number of hydrogen-bond acceptors (Lipinski definition) is 2. The van der Waals surface area contributed by atoms with Gasteiger partial charge in [0.2, 0.25) is 0 Å². The molecule has 0 amide bonds.